The monoisotopic (exact) mass is 345 g/mol. The molecule has 0 amide bonds. The van der Waals surface area contributed by atoms with E-state index in [2.05, 4.69) is 9.88 Å². The van der Waals surface area contributed by atoms with Gasteiger partial charge in [-0.05, 0) is 30.5 Å². The highest BCUT2D eigenvalue weighted by Crippen LogP contribution is 2.22. The third-order valence-electron chi connectivity index (χ3n) is 4.51. The minimum Gasteiger partial charge on any atom is -0.355 e. The van der Waals surface area contributed by atoms with Crippen molar-refractivity contribution in [2.45, 2.75) is 24.6 Å². The van der Waals surface area contributed by atoms with Gasteiger partial charge >= 0.3 is 0 Å². The normalized spacial score (nSPS) is 18.8. The Kier molecular flexibility index (Phi) is 5.16. The van der Waals surface area contributed by atoms with Crippen molar-refractivity contribution in [2.75, 3.05) is 25.0 Å². The predicted molar refractivity (Wildman–Crippen MR) is 96.3 cm³/mol. The third kappa shape index (κ3) is 3.94. The maximum Gasteiger partial charge on any atom is 0.218 e. The number of piperidine rings is 1. The van der Waals surface area contributed by atoms with E-state index in [0.717, 1.165) is 30.8 Å². The molecular weight excluding hydrogens is 322 g/mol. The van der Waals surface area contributed by atoms with Gasteiger partial charge in [-0.1, -0.05) is 36.4 Å². The second-order valence-corrected chi connectivity index (χ2v) is 8.22. The van der Waals surface area contributed by atoms with Gasteiger partial charge in [0.05, 0.1) is 5.75 Å². The smallest absolute Gasteiger partial charge is 0.218 e. The maximum atomic E-state index is 12.7. The van der Waals surface area contributed by atoms with E-state index in [-0.39, 0.29) is 11.8 Å². The summed E-state index contributed by atoms with van der Waals surface area (Å²) in [5, 5.41) is 0. The Morgan fingerprint density at radius 2 is 1.92 bits per heavy atom. The van der Waals surface area contributed by atoms with Crippen LogP contribution in [0.25, 0.3) is 0 Å². The van der Waals surface area contributed by atoms with E-state index in [4.69, 9.17) is 0 Å². The average molecular weight is 345 g/mol. The number of hydrogen-bond donors (Lipinski definition) is 0. The largest absolute Gasteiger partial charge is 0.355 e. The van der Waals surface area contributed by atoms with Gasteiger partial charge in [-0.3, -0.25) is 0 Å². The summed E-state index contributed by atoms with van der Waals surface area (Å²) in [6.45, 7) is 1.60. The summed E-state index contributed by atoms with van der Waals surface area (Å²) in [7, 11) is -1.63. The topological polar surface area (TPSA) is 53.5 Å². The molecular formula is C18H23N3O2S. The number of benzene rings is 1. The van der Waals surface area contributed by atoms with Crippen molar-refractivity contribution in [3.05, 3.63) is 60.3 Å². The van der Waals surface area contributed by atoms with Crippen molar-refractivity contribution < 1.29 is 8.42 Å². The second-order valence-electron chi connectivity index (χ2n) is 6.19. The summed E-state index contributed by atoms with van der Waals surface area (Å²) in [5.74, 6) is 0.959. The molecule has 3 rings (SSSR count). The van der Waals surface area contributed by atoms with Crippen LogP contribution in [0.15, 0.2) is 54.7 Å². The van der Waals surface area contributed by atoms with E-state index in [0.29, 0.717) is 6.54 Å². The highest BCUT2D eigenvalue weighted by molar-refractivity contribution is 7.88. The molecule has 1 aliphatic rings. The molecule has 1 aliphatic heterocycles. The second kappa shape index (κ2) is 7.32. The van der Waals surface area contributed by atoms with Crippen molar-refractivity contribution in [2.24, 2.45) is 0 Å². The van der Waals surface area contributed by atoms with Gasteiger partial charge in [-0.2, -0.15) is 4.31 Å². The Hall–Kier alpha value is -1.92. The third-order valence-corrected chi connectivity index (χ3v) is 6.39. The Balaban J connectivity index is 1.70. The number of likely N-dealkylation sites (N-methyl/N-ethyl adjacent to an activating group) is 1. The predicted octanol–water partition coefficient (Wildman–Crippen LogP) is 2.51. The van der Waals surface area contributed by atoms with Crippen LogP contribution in [0.5, 0.6) is 0 Å². The molecule has 0 radical (unpaired) electrons. The van der Waals surface area contributed by atoms with Gasteiger partial charge in [0.1, 0.15) is 5.82 Å². The molecule has 2 heterocycles. The van der Waals surface area contributed by atoms with Gasteiger partial charge in [0.25, 0.3) is 0 Å². The first-order valence-corrected chi connectivity index (χ1v) is 9.83. The standard InChI is InChI=1S/C18H23N3O2S/c1-20(24(22,23)15-16-8-3-2-4-9-16)17-10-7-13-21(14-17)18-11-5-6-12-19-18/h2-6,8-9,11-12,17H,7,10,13-15H2,1H3/t17-/m1/s1. The lowest BCUT2D eigenvalue weighted by Crippen LogP contribution is -2.49. The van der Waals surface area contributed by atoms with Crippen molar-refractivity contribution in [1.29, 1.82) is 0 Å². The minimum atomic E-state index is -3.33. The van der Waals surface area contributed by atoms with E-state index in [1.54, 1.807) is 17.5 Å². The first-order valence-electron chi connectivity index (χ1n) is 8.22. The van der Waals surface area contributed by atoms with Crippen molar-refractivity contribution >= 4 is 15.8 Å². The van der Waals surface area contributed by atoms with Gasteiger partial charge in [-0.15, -0.1) is 0 Å². The first-order chi connectivity index (χ1) is 11.6. The zero-order valence-electron chi connectivity index (χ0n) is 13.9. The summed E-state index contributed by atoms with van der Waals surface area (Å²) in [6, 6.07) is 15.1. The quantitative estimate of drug-likeness (QED) is 0.835. The molecule has 1 saturated heterocycles. The van der Waals surface area contributed by atoms with Gasteiger partial charge in [0.15, 0.2) is 0 Å². The SMILES string of the molecule is CN([C@@H]1CCCN(c2ccccn2)C1)S(=O)(=O)Cc1ccccc1. The Morgan fingerprint density at radius 3 is 2.62 bits per heavy atom. The molecule has 24 heavy (non-hydrogen) atoms. The molecule has 1 atom stereocenters. The van der Waals surface area contributed by atoms with E-state index in [1.807, 2.05) is 48.5 Å². The molecule has 0 spiro atoms. The van der Waals surface area contributed by atoms with Crippen LogP contribution in [0.1, 0.15) is 18.4 Å². The minimum absolute atomic E-state index is 0.0190. The molecule has 0 N–H and O–H groups in total. The average Bonchev–Trinajstić information content (AvgIpc) is 2.62. The maximum absolute atomic E-state index is 12.7. The lowest BCUT2D eigenvalue weighted by molar-refractivity contribution is 0.319. The van der Waals surface area contributed by atoms with Crippen molar-refractivity contribution in [1.82, 2.24) is 9.29 Å². The lowest BCUT2D eigenvalue weighted by atomic mass is 10.1. The van der Waals surface area contributed by atoms with Crippen LogP contribution in [0.3, 0.4) is 0 Å². The van der Waals surface area contributed by atoms with Crippen LogP contribution in [0.2, 0.25) is 0 Å². The Labute approximate surface area is 144 Å². The van der Waals surface area contributed by atoms with Crippen LogP contribution < -0.4 is 4.90 Å². The first kappa shape index (κ1) is 16.9. The van der Waals surface area contributed by atoms with Crippen LogP contribution >= 0.6 is 0 Å². The highest BCUT2D eigenvalue weighted by Gasteiger charge is 2.30. The van der Waals surface area contributed by atoms with Gasteiger partial charge < -0.3 is 4.90 Å². The number of hydrogen-bond acceptors (Lipinski definition) is 4. The summed E-state index contributed by atoms with van der Waals surface area (Å²) >= 11 is 0. The van der Waals surface area contributed by atoms with Gasteiger partial charge in [0, 0.05) is 32.4 Å². The van der Waals surface area contributed by atoms with E-state index < -0.39 is 10.0 Å². The number of anilines is 1. The molecule has 1 aromatic heterocycles. The zero-order valence-corrected chi connectivity index (χ0v) is 14.7. The lowest BCUT2D eigenvalue weighted by Gasteiger charge is -2.37. The van der Waals surface area contributed by atoms with Crippen molar-refractivity contribution in [3.63, 3.8) is 0 Å². The zero-order chi connectivity index (χ0) is 17.0. The molecule has 5 nitrogen and oxygen atoms in total. The van der Waals surface area contributed by atoms with E-state index >= 15 is 0 Å². The number of aromatic nitrogens is 1. The van der Waals surface area contributed by atoms with Crippen LogP contribution in [0.4, 0.5) is 5.82 Å². The summed E-state index contributed by atoms with van der Waals surface area (Å²) in [6.07, 6.45) is 3.62. The summed E-state index contributed by atoms with van der Waals surface area (Å²) in [5.41, 5.74) is 0.821. The molecule has 0 aliphatic carbocycles. The number of rotatable bonds is 5. The summed E-state index contributed by atoms with van der Waals surface area (Å²) < 4.78 is 27.0. The molecule has 1 aromatic carbocycles. The molecule has 6 heteroatoms. The van der Waals surface area contributed by atoms with E-state index in [9.17, 15) is 8.42 Å². The van der Waals surface area contributed by atoms with Crippen LogP contribution in [0, 0.1) is 0 Å². The molecule has 0 unspecified atom stereocenters. The molecule has 1 fully saturated rings. The van der Waals surface area contributed by atoms with Crippen molar-refractivity contribution in [3.8, 4) is 0 Å². The molecule has 0 saturated carbocycles. The molecule has 0 bridgehead atoms. The van der Waals surface area contributed by atoms with Crippen LogP contribution in [-0.4, -0.2) is 43.9 Å². The fourth-order valence-corrected chi connectivity index (χ4v) is 4.56. The van der Waals surface area contributed by atoms with Gasteiger partial charge in [-0.25, -0.2) is 13.4 Å². The number of sulfonamides is 1. The molecule has 2 aromatic rings. The Bertz CT molecular complexity index is 750. The number of nitrogens with zero attached hydrogens (tertiary/aromatic N) is 3. The molecule has 128 valence electrons. The van der Waals surface area contributed by atoms with Gasteiger partial charge in [0.2, 0.25) is 10.0 Å². The summed E-state index contributed by atoms with van der Waals surface area (Å²) in [4.78, 5) is 6.55. The van der Waals surface area contributed by atoms with E-state index in [1.165, 1.54) is 0 Å². The Morgan fingerprint density at radius 1 is 1.17 bits per heavy atom. The number of pyridine rings is 1. The van der Waals surface area contributed by atoms with Crippen LogP contribution in [-0.2, 0) is 15.8 Å². The fraction of sp³-hybridized carbons (Fsp3) is 0.389. The highest BCUT2D eigenvalue weighted by atomic mass is 32.2. The fourth-order valence-electron chi connectivity index (χ4n) is 3.11.